The Bertz CT molecular complexity index is 584. The topological polar surface area (TPSA) is 24.5 Å². The SMILES string of the molecule is CCN(CC)CCNCc1ccc(OCc2ccc(C)cc2)cc1.Cl.Cl. The van der Waals surface area contributed by atoms with Gasteiger partial charge in [0.15, 0.2) is 0 Å². The van der Waals surface area contributed by atoms with Crippen LogP contribution in [0.25, 0.3) is 0 Å². The molecule has 0 fully saturated rings. The predicted molar refractivity (Wildman–Crippen MR) is 116 cm³/mol. The molecule has 26 heavy (non-hydrogen) atoms. The number of hydrogen-bond acceptors (Lipinski definition) is 3. The summed E-state index contributed by atoms with van der Waals surface area (Å²) in [5.41, 5.74) is 3.76. The van der Waals surface area contributed by atoms with Gasteiger partial charge in [0.2, 0.25) is 0 Å². The summed E-state index contributed by atoms with van der Waals surface area (Å²) in [7, 11) is 0. The van der Waals surface area contributed by atoms with E-state index in [0.29, 0.717) is 6.61 Å². The van der Waals surface area contributed by atoms with E-state index in [-0.39, 0.29) is 24.8 Å². The molecule has 0 spiro atoms. The van der Waals surface area contributed by atoms with Crippen LogP contribution in [0.5, 0.6) is 5.75 Å². The molecule has 0 aliphatic heterocycles. The van der Waals surface area contributed by atoms with Gasteiger partial charge in [0.05, 0.1) is 0 Å². The van der Waals surface area contributed by atoms with E-state index in [1.807, 2.05) is 0 Å². The number of nitrogens with one attached hydrogen (secondary N) is 1. The summed E-state index contributed by atoms with van der Waals surface area (Å²) in [6.45, 7) is 12.4. The van der Waals surface area contributed by atoms with Gasteiger partial charge < -0.3 is 15.0 Å². The number of nitrogens with zero attached hydrogens (tertiary/aromatic N) is 1. The van der Waals surface area contributed by atoms with E-state index in [2.05, 4.69) is 79.5 Å². The molecule has 0 radical (unpaired) electrons. The average molecular weight is 399 g/mol. The van der Waals surface area contributed by atoms with Crippen LogP contribution in [-0.4, -0.2) is 31.1 Å². The molecule has 2 rings (SSSR count). The smallest absolute Gasteiger partial charge is 0.119 e. The fourth-order valence-electron chi connectivity index (χ4n) is 2.56. The van der Waals surface area contributed by atoms with Crippen molar-refractivity contribution in [3.63, 3.8) is 0 Å². The highest BCUT2D eigenvalue weighted by Gasteiger charge is 2.00. The Morgan fingerprint density at radius 3 is 2.00 bits per heavy atom. The van der Waals surface area contributed by atoms with E-state index >= 15 is 0 Å². The second kappa shape index (κ2) is 13.9. The predicted octanol–water partition coefficient (Wildman–Crippen LogP) is 4.85. The molecule has 0 atom stereocenters. The number of likely N-dealkylation sites (N-methyl/N-ethyl adjacent to an activating group) is 1. The Morgan fingerprint density at radius 1 is 0.846 bits per heavy atom. The highest BCUT2D eigenvalue weighted by molar-refractivity contribution is 5.85. The van der Waals surface area contributed by atoms with Crippen molar-refractivity contribution in [3.05, 3.63) is 65.2 Å². The van der Waals surface area contributed by atoms with Crippen molar-refractivity contribution >= 4 is 24.8 Å². The quantitative estimate of drug-likeness (QED) is 0.578. The molecular formula is C21H32Cl2N2O. The normalized spacial score (nSPS) is 10.2. The lowest BCUT2D eigenvalue weighted by atomic mass is 10.2. The molecule has 0 saturated carbocycles. The van der Waals surface area contributed by atoms with Gasteiger partial charge in [-0.05, 0) is 43.3 Å². The van der Waals surface area contributed by atoms with Crippen molar-refractivity contribution in [1.29, 1.82) is 0 Å². The standard InChI is InChI=1S/C21H30N2O.2ClH/c1-4-23(5-2)15-14-22-16-19-10-12-21(13-11-19)24-17-20-8-6-18(3)7-9-20;;/h6-13,22H,4-5,14-17H2,1-3H3;2*1H. The lowest BCUT2D eigenvalue weighted by Gasteiger charge is -2.18. The summed E-state index contributed by atoms with van der Waals surface area (Å²) in [6, 6.07) is 16.8. The summed E-state index contributed by atoms with van der Waals surface area (Å²) in [5.74, 6) is 0.919. The first-order chi connectivity index (χ1) is 11.7. The molecule has 0 aliphatic rings. The number of aryl methyl sites for hydroxylation is 1. The second-order valence-corrected chi connectivity index (χ2v) is 6.12. The fourth-order valence-corrected chi connectivity index (χ4v) is 2.56. The Kier molecular flexibility index (Phi) is 13.2. The van der Waals surface area contributed by atoms with Crippen LogP contribution in [0.2, 0.25) is 0 Å². The van der Waals surface area contributed by atoms with Gasteiger partial charge in [-0.25, -0.2) is 0 Å². The zero-order valence-electron chi connectivity index (χ0n) is 16.0. The number of benzene rings is 2. The highest BCUT2D eigenvalue weighted by Crippen LogP contribution is 2.14. The fraction of sp³-hybridized carbons (Fsp3) is 0.429. The van der Waals surface area contributed by atoms with Crippen molar-refractivity contribution in [2.24, 2.45) is 0 Å². The maximum Gasteiger partial charge on any atom is 0.119 e. The second-order valence-electron chi connectivity index (χ2n) is 6.12. The zero-order valence-corrected chi connectivity index (χ0v) is 17.7. The molecule has 0 aliphatic carbocycles. The Hall–Kier alpha value is -1.26. The van der Waals surface area contributed by atoms with Gasteiger partial charge in [-0.1, -0.05) is 55.8 Å². The molecule has 0 unspecified atom stereocenters. The van der Waals surface area contributed by atoms with Gasteiger partial charge in [0.1, 0.15) is 12.4 Å². The first-order valence-electron chi connectivity index (χ1n) is 8.91. The van der Waals surface area contributed by atoms with Crippen molar-refractivity contribution in [2.45, 2.75) is 33.9 Å². The van der Waals surface area contributed by atoms with Crippen LogP contribution in [0.4, 0.5) is 0 Å². The third kappa shape index (κ3) is 8.91. The molecule has 0 bridgehead atoms. The monoisotopic (exact) mass is 398 g/mol. The number of ether oxygens (including phenoxy) is 1. The molecule has 5 heteroatoms. The minimum absolute atomic E-state index is 0. The van der Waals surface area contributed by atoms with E-state index in [1.165, 1.54) is 16.7 Å². The first kappa shape index (κ1) is 24.7. The molecule has 0 amide bonds. The lowest BCUT2D eigenvalue weighted by molar-refractivity contribution is 0.302. The number of halogens is 2. The average Bonchev–Trinajstić information content (AvgIpc) is 2.62. The number of hydrogen-bond donors (Lipinski definition) is 1. The summed E-state index contributed by atoms with van der Waals surface area (Å²) in [6.07, 6.45) is 0. The van der Waals surface area contributed by atoms with Crippen LogP contribution in [0, 0.1) is 6.92 Å². The van der Waals surface area contributed by atoms with Crippen LogP contribution >= 0.6 is 24.8 Å². The van der Waals surface area contributed by atoms with Gasteiger partial charge in [-0.15, -0.1) is 24.8 Å². The molecular weight excluding hydrogens is 367 g/mol. The van der Waals surface area contributed by atoms with Crippen molar-refractivity contribution in [1.82, 2.24) is 10.2 Å². The molecule has 1 N–H and O–H groups in total. The van der Waals surface area contributed by atoms with Gasteiger partial charge in [-0.3, -0.25) is 0 Å². The summed E-state index contributed by atoms with van der Waals surface area (Å²) < 4.78 is 5.85. The van der Waals surface area contributed by atoms with Crippen LogP contribution < -0.4 is 10.1 Å². The minimum Gasteiger partial charge on any atom is -0.489 e. The van der Waals surface area contributed by atoms with E-state index in [9.17, 15) is 0 Å². The third-order valence-corrected chi connectivity index (χ3v) is 4.28. The van der Waals surface area contributed by atoms with Crippen LogP contribution in [0.3, 0.4) is 0 Å². The molecule has 0 saturated heterocycles. The van der Waals surface area contributed by atoms with Gasteiger partial charge in [-0.2, -0.15) is 0 Å². The van der Waals surface area contributed by atoms with Crippen LogP contribution in [0.1, 0.15) is 30.5 Å². The molecule has 146 valence electrons. The Balaban J connectivity index is 0.00000312. The van der Waals surface area contributed by atoms with E-state index < -0.39 is 0 Å². The van der Waals surface area contributed by atoms with Crippen molar-refractivity contribution in [2.75, 3.05) is 26.2 Å². The third-order valence-electron chi connectivity index (χ3n) is 4.28. The van der Waals surface area contributed by atoms with Gasteiger partial charge in [0, 0.05) is 19.6 Å². The van der Waals surface area contributed by atoms with Gasteiger partial charge in [0.25, 0.3) is 0 Å². The van der Waals surface area contributed by atoms with E-state index in [0.717, 1.165) is 38.5 Å². The van der Waals surface area contributed by atoms with Crippen LogP contribution in [0.15, 0.2) is 48.5 Å². The summed E-state index contributed by atoms with van der Waals surface area (Å²) >= 11 is 0. The highest BCUT2D eigenvalue weighted by atomic mass is 35.5. The molecule has 2 aromatic rings. The molecule has 0 aromatic heterocycles. The maximum absolute atomic E-state index is 5.85. The lowest BCUT2D eigenvalue weighted by Crippen LogP contribution is -2.31. The van der Waals surface area contributed by atoms with Crippen molar-refractivity contribution in [3.8, 4) is 5.75 Å². The molecule has 3 nitrogen and oxygen atoms in total. The van der Waals surface area contributed by atoms with Crippen molar-refractivity contribution < 1.29 is 4.74 Å². The Labute approximate surface area is 171 Å². The molecule has 0 heterocycles. The summed E-state index contributed by atoms with van der Waals surface area (Å²) in [5, 5.41) is 3.50. The molecule has 2 aromatic carbocycles. The van der Waals surface area contributed by atoms with E-state index in [4.69, 9.17) is 4.74 Å². The first-order valence-corrected chi connectivity index (χ1v) is 8.91. The zero-order chi connectivity index (χ0) is 17.2. The Morgan fingerprint density at radius 2 is 1.42 bits per heavy atom. The maximum atomic E-state index is 5.85. The van der Waals surface area contributed by atoms with Crippen LogP contribution in [-0.2, 0) is 13.2 Å². The largest absolute Gasteiger partial charge is 0.489 e. The summed E-state index contributed by atoms with van der Waals surface area (Å²) in [4.78, 5) is 2.43. The number of rotatable bonds is 10. The minimum atomic E-state index is 0. The van der Waals surface area contributed by atoms with E-state index in [1.54, 1.807) is 0 Å². The van der Waals surface area contributed by atoms with Gasteiger partial charge >= 0.3 is 0 Å².